The number of hydrogen-bond donors (Lipinski definition) is 1. The van der Waals surface area contributed by atoms with Gasteiger partial charge in [0, 0.05) is 11.1 Å². The van der Waals surface area contributed by atoms with Crippen LogP contribution in [0.15, 0.2) is 4.99 Å². The SMILES string of the molecule is [2H]C([2H])([2H])N1CC(=O)N=C1N. The van der Waals surface area contributed by atoms with Crippen LogP contribution >= 0.6 is 0 Å². The maximum atomic E-state index is 10.6. The van der Waals surface area contributed by atoms with Gasteiger partial charge in [0.15, 0.2) is 5.96 Å². The molecule has 0 spiro atoms. The fraction of sp³-hybridized carbons (Fsp3) is 0.500. The largest absolute Gasteiger partial charge is 0.369 e. The second-order valence-corrected chi connectivity index (χ2v) is 1.45. The first-order valence-corrected chi connectivity index (χ1v) is 2.06. The molecule has 0 saturated heterocycles. The first-order chi connectivity index (χ1) is 4.91. The van der Waals surface area contributed by atoms with Crippen LogP contribution in [0.1, 0.15) is 4.11 Å². The molecule has 1 amide bonds. The molecule has 0 fully saturated rings. The summed E-state index contributed by atoms with van der Waals surface area (Å²) < 4.78 is 20.7. The van der Waals surface area contributed by atoms with Crippen LogP contribution in [-0.2, 0) is 4.79 Å². The predicted octanol–water partition coefficient (Wildman–Crippen LogP) is -1.23. The Morgan fingerprint density at radius 2 is 2.88 bits per heavy atom. The molecule has 0 aromatic heterocycles. The van der Waals surface area contributed by atoms with Crippen molar-refractivity contribution in [2.24, 2.45) is 10.7 Å². The first kappa shape index (κ1) is 2.48. The van der Waals surface area contributed by atoms with Crippen LogP contribution in [0.25, 0.3) is 0 Å². The normalized spacial score (nSPS) is 26.5. The Balaban J connectivity index is 2.80. The van der Waals surface area contributed by atoms with Crippen LogP contribution in [0.4, 0.5) is 0 Å². The van der Waals surface area contributed by atoms with Gasteiger partial charge in [0.2, 0.25) is 0 Å². The average molecular weight is 116 g/mol. The fourth-order valence-corrected chi connectivity index (χ4v) is 0.440. The van der Waals surface area contributed by atoms with Gasteiger partial charge >= 0.3 is 0 Å². The van der Waals surface area contributed by atoms with Crippen LogP contribution in [0.2, 0.25) is 0 Å². The van der Waals surface area contributed by atoms with E-state index in [0.717, 1.165) is 4.90 Å². The zero-order valence-corrected chi connectivity index (χ0v) is 4.09. The molecule has 4 heteroatoms. The van der Waals surface area contributed by atoms with E-state index in [4.69, 9.17) is 9.85 Å². The molecular weight excluding hydrogens is 106 g/mol. The highest BCUT2D eigenvalue weighted by Gasteiger charge is 2.15. The van der Waals surface area contributed by atoms with Gasteiger partial charge in [0.05, 0.1) is 0 Å². The summed E-state index contributed by atoms with van der Waals surface area (Å²) in [6.45, 7) is -2.61. The number of nitrogens with zero attached hydrogens (tertiary/aromatic N) is 2. The summed E-state index contributed by atoms with van der Waals surface area (Å²) >= 11 is 0. The third-order valence-electron chi connectivity index (χ3n) is 0.809. The standard InChI is InChI=1S/C4H7N3O/c1-7-2-3(8)6-4(7)5/h2H2,1H3,(H2,5,6,8)/i1D3. The van der Waals surface area contributed by atoms with Crippen molar-refractivity contribution in [1.29, 1.82) is 0 Å². The Kier molecular flexibility index (Phi) is 0.455. The van der Waals surface area contributed by atoms with Crippen LogP contribution in [0, 0.1) is 0 Å². The average Bonchev–Trinajstić information content (AvgIpc) is 2.08. The van der Waals surface area contributed by atoms with E-state index in [1.54, 1.807) is 0 Å². The van der Waals surface area contributed by atoms with E-state index in [9.17, 15) is 4.79 Å². The Morgan fingerprint density at radius 3 is 3.12 bits per heavy atom. The fourth-order valence-electron chi connectivity index (χ4n) is 0.440. The van der Waals surface area contributed by atoms with Crippen LogP contribution in [-0.4, -0.2) is 30.3 Å². The number of amides is 1. The van der Waals surface area contributed by atoms with Crippen LogP contribution in [0.5, 0.6) is 0 Å². The number of carbonyl (C=O) groups is 1. The topological polar surface area (TPSA) is 58.7 Å². The molecule has 1 rings (SSSR count). The lowest BCUT2D eigenvalue weighted by Crippen LogP contribution is -2.29. The molecule has 0 radical (unpaired) electrons. The van der Waals surface area contributed by atoms with E-state index >= 15 is 0 Å². The molecule has 0 saturated carbocycles. The van der Waals surface area contributed by atoms with Gasteiger partial charge < -0.3 is 10.6 Å². The number of aliphatic imine (C=N–C) groups is 1. The van der Waals surface area contributed by atoms with Gasteiger partial charge in [0.25, 0.3) is 5.91 Å². The van der Waals surface area contributed by atoms with E-state index in [2.05, 4.69) is 4.99 Å². The Hall–Kier alpha value is -1.06. The van der Waals surface area contributed by atoms with Crippen molar-refractivity contribution in [2.45, 2.75) is 0 Å². The van der Waals surface area contributed by atoms with Gasteiger partial charge in [-0.1, -0.05) is 0 Å². The van der Waals surface area contributed by atoms with Crippen molar-refractivity contribution in [1.82, 2.24) is 4.90 Å². The Morgan fingerprint density at radius 1 is 2.12 bits per heavy atom. The highest BCUT2D eigenvalue weighted by atomic mass is 16.2. The molecule has 44 valence electrons. The summed E-state index contributed by atoms with van der Waals surface area (Å²) in [5.41, 5.74) is 5.15. The number of guanidine groups is 1. The summed E-state index contributed by atoms with van der Waals surface area (Å²) in [4.78, 5) is 14.6. The maximum absolute atomic E-state index is 10.6. The number of likely N-dealkylation sites (N-methyl/N-ethyl adjacent to an activating group) is 1. The summed E-state index contributed by atoms with van der Waals surface area (Å²) in [5.74, 6) is -0.742. The quantitative estimate of drug-likeness (QED) is 0.431. The smallest absolute Gasteiger partial charge is 0.268 e. The number of nitrogens with two attached hydrogens (primary N) is 1. The summed E-state index contributed by atoms with van der Waals surface area (Å²) in [6, 6.07) is 0. The molecule has 0 aromatic carbocycles. The molecule has 1 aliphatic rings. The van der Waals surface area contributed by atoms with Crippen LogP contribution in [0.3, 0.4) is 0 Å². The van der Waals surface area contributed by atoms with Crippen molar-refractivity contribution >= 4 is 11.9 Å². The van der Waals surface area contributed by atoms with Gasteiger partial charge in [-0.15, -0.1) is 0 Å². The molecule has 0 aromatic rings. The van der Waals surface area contributed by atoms with E-state index in [0.29, 0.717) is 0 Å². The highest BCUT2D eigenvalue weighted by Crippen LogP contribution is 1.92. The minimum absolute atomic E-state index is 0.227. The molecular formula is C4H7N3O. The molecule has 0 aliphatic carbocycles. The van der Waals surface area contributed by atoms with E-state index in [1.807, 2.05) is 0 Å². The summed E-state index contributed by atoms with van der Waals surface area (Å²) in [7, 11) is 0. The van der Waals surface area contributed by atoms with Gasteiger partial charge in [-0.05, 0) is 0 Å². The van der Waals surface area contributed by atoms with Crippen molar-refractivity contribution in [3.63, 3.8) is 0 Å². The van der Waals surface area contributed by atoms with Crippen LogP contribution < -0.4 is 5.73 Å². The second kappa shape index (κ2) is 1.47. The minimum Gasteiger partial charge on any atom is -0.369 e. The van der Waals surface area contributed by atoms with Crippen molar-refractivity contribution in [3.05, 3.63) is 0 Å². The predicted molar refractivity (Wildman–Crippen MR) is 29.3 cm³/mol. The lowest BCUT2D eigenvalue weighted by Gasteiger charge is -2.05. The molecule has 2 N–H and O–H groups in total. The summed E-state index contributed by atoms with van der Waals surface area (Å²) in [5, 5.41) is 0. The minimum atomic E-state index is -2.36. The van der Waals surface area contributed by atoms with E-state index in [-0.39, 0.29) is 12.5 Å². The zero-order chi connectivity index (χ0) is 8.65. The molecule has 8 heavy (non-hydrogen) atoms. The zero-order valence-electron chi connectivity index (χ0n) is 7.09. The molecule has 1 aliphatic heterocycles. The number of carbonyl (C=O) groups excluding carboxylic acids is 1. The second-order valence-electron chi connectivity index (χ2n) is 1.45. The maximum Gasteiger partial charge on any atom is 0.268 e. The van der Waals surface area contributed by atoms with Gasteiger partial charge in [-0.25, -0.2) is 0 Å². The van der Waals surface area contributed by atoms with Gasteiger partial charge in [-0.2, -0.15) is 4.99 Å². The molecule has 0 bridgehead atoms. The lowest BCUT2D eigenvalue weighted by atomic mass is 10.6. The molecule has 1 heterocycles. The Bertz CT molecular complexity index is 221. The van der Waals surface area contributed by atoms with E-state index in [1.165, 1.54) is 0 Å². The van der Waals surface area contributed by atoms with Crippen molar-refractivity contribution < 1.29 is 8.91 Å². The highest BCUT2D eigenvalue weighted by molar-refractivity contribution is 5.99. The first-order valence-electron chi connectivity index (χ1n) is 3.56. The lowest BCUT2D eigenvalue weighted by molar-refractivity contribution is -0.116. The molecule has 4 nitrogen and oxygen atoms in total. The monoisotopic (exact) mass is 116 g/mol. The van der Waals surface area contributed by atoms with Gasteiger partial charge in [0.1, 0.15) is 6.54 Å². The third-order valence-corrected chi connectivity index (χ3v) is 0.809. The van der Waals surface area contributed by atoms with Gasteiger partial charge in [-0.3, -0.25) is 4.79 Å². The van der Waals surface area contributed by atoms with E-state index < -0.39 is 12.9 Å². The van der Waals surface area contributed by atoms with Crippen molar-refractivity contribution in [3.8, 4) is 0 Å². The number of hydrogen-bond acceptors (Lipinski definition) is 3. The van der Waals surface area contributed by atoms with Crippen molar-refractivity contribution in [2.75, 3.05) is 13.5 Å². The molecule has 0 unspecified atom stereocenters. The summed E-state index contributed by atoms with van der Waals surface area (Å²) in [6.07, 6.45) is 0. The Labute approximate surface area is 51.2 Å². The molecule has 0 atom stereocenters. The third kappa shape index (κ3) is 0.641. The number of rotatable bonds is 0.